The largest absolute Gasteiger partial charge is 0.299 e. The molecule has 0 amide bonds. The number of rotatable bonds is 23. The van der Waals surface area contributed by atoms with Crippen LogP contribution in [0.3, 0.4) is 0 Å². The molecular weight excluding hydrogens is 400 g/mol. The number of hydrogen-bond acceptors (Lipinski definition) is 1. The van der Waals surface area contributed by atoms with Gasteiger partial charge in [0, 0.05) is 12.8 Å². The molecule has 0 aromatic heterocycles. The smallest absolute Gasteiger partial charge is 0.136 e. The molecule has 0 heterocycles. The van der Waals surface area contributed by atoms with Crippen LogP contribution in [0.25, 0.3) is 0 Å². The molecular formula is C32H58O. The van der Waals surface area contributed by atoms with Crippen LogP contribution in [-0.4, -0.2) is 5.78 Å². The van der Waals surface area contributed by atoms with Crippen molar-refractivity contribution in [1.29, 1.82) is 0 Å². The maximum Gasteiger partial charge on any atom is 0.136 e. The summed E-state index contributed by atoms with van der Waals surface area (Å²) in [4.78, 5) is 12.2. The van der Waals surface area contributed by atoms with Crippen LogP contribution in [0, 0.1) is 0 Å². The van der Waals surface area contributed by atoms with Crippen molar-refractivity contribution in [3.05, 3.63) is 34.9 Å². The van der Waals surface area contributed by atoms with E-state index in [4.69, 9.17) is 0 Å². The van der Waals surface area contributed by atoms with Gasteiger partial charge in [-0.05, 0) is 59.8 Å². The third-order valence-electron chi connectivity index (χ3n) is 6.61. The van der Waals surface area contributed by atoms with Gasteiger partial charge in [-0.1, -0.05) is 125 Å². The number of ketones is 1. The Bertz CT molecular complexity index is 545. The molecule has 0 spiro atoms. The van der Waals surface area contributed by atoms with Gasteiger partial charge in [-0.15, -0.1) is 0 Å². The van der Waals surface area contributed by atoms with E-state index in [1.807, 2.05) is 0 Å². The molecule has 0 fully saturated rings. The van der Waals surface area contributed by atoms with Crippen LogP contribution < -0.4 is 0 Å². The Labute approximate surface area is 208 Å². The van der Waals surface area contributed by atoms with Gasteiger partial charge < -0.3 is 0 Å². The lowest BCUT2D eigenvalue weighted by Gasteiger charge is -2.04. The Kier molecular flexibility index (Phi) is 23.2. The van der Waals surface area contributed by atoms with Crippen LogP contribution >= 0.6 is 0 Å². The number of unbranched alkanes of at least 4 members (excludes halogenated alkanes) is 13. The van der Waals surface area contributed by atoms with E-state index in [0.717, 1.165) is 38.5 Å². The van der Waals surface area contributed by atoms with Crippen molar-refractivity contribution >= 4 is 5.78 Å². The van der Waals surface area contributed by atoms with Crippen molar-refractivity contribution in [2.45, 2.75) is 163 Å². The van der Waals surface area contributed by atoms with Gasteiger partial charge in [0.15, 0.2) is 0 Å². The van der Waals surface area contributed by atoms with E-state index in [-0.39, 0.29) is 0 Å². The minimum absolute atomic E-state index is 0.418. The van der Waals surface area contributed by atoms with Gasteiger partial charge in [0.2, 0.25) is 0 Å². The normalized spacial score (nSPS) is 12.3. The van der Waals surface area contributed by atoms with Gasteiger partial charge in [-0.25, -0.2) is 0 Å². The molecule has 33 heavy (non-hydrogen) atoms. The molecule has 0 aliphatic heterocycles. The fraction of sp³-hybridized carbons (Fsp3) is 0.781. The fourth-order valence-corrected chi connectivity index (χ4v) is 4.25. The van der Waals surface area contributed by atoms with Crippen LogP contribution in [0.2, 0.25) is 0 Å². The van der Waals surface area contributed by atoms with Crippen molar-refractivity contribution in [3.63, 3.8) is 0 Å². The second-order valence-corrected chi connectivity index (χ2v) is 10.5. The van der Waals surface area contributed by atoms with Crippen LogP contribution in [0.1, 0.15) is 163 Å². The number of allylic oxidation sites excluding steroid dienone is 6. The highest BCUT2D eigenvalue weighted by molar-refractivity contribution is 5.79. The molecule has 192 valence electrons. The van der Waals surface area contributed by atoms with Crippen molar-refractivity contribution in [1.82, 2.24) is 0 Å². The Morgan fingerprint density at radius 1 is 0.515 bits per heavy atom. The Balaban J connectivity index is 3.56. The Hall–Kier alpha value is -1.11. The van der Waals surface area contributed by atoms with Crippen LogP contribution in [0.15, 0.2) is 34.9 Å². The molecule has 0 bridgehead atoms. The molecule has 0 aliphatic rings. The number of carbonyl (C=O) groups is 1. The summed E-state index contributed by atoms with van der Waals surface area (Å²) in [7, 11) is 0. The lowest BCUT2D eigenvalue weighted by Crippen LogP contribution is -1.96. The highest BCUT2D eigenvalue weighted by Crippen LogP contribution is 2.15. The highest BCUT2D eigenvalue weighted by Gasteiger charge is 2.01. The molecule has 0 unspecified atom stereocenters. The van der Waals surface area contributed by atoms with Gasteiger partial charge in [-0.3, -0.25) is 4.79 Å². The van der Waals surface area contributed by atoms with Gasteiger partial charge in [0.25, 0.3) is 0 Å². The third kappa shape index (κ3) is 25.4. The number of hydrogen-bond donors (Lipinski definition) is 0. The van der Waals surface area contributed by atoms with E-state index in [0.29, 0.717) is 12.2 Å². The third-order valence-corrected chi connectivity index (χ3v) is 6.61. The first-order valence-electron chi connectivity index (χ1n) is 14.4. The summed E-state index contributed by atoms with van der Waals surface area (Å²) >= 11 is 0. The lowest BCUT2D eigenvalue weighted by atomic mass is 10.0. The van der Waals surface area contributed by atoms with Crippen LogP contribution in [0.4, 0.5) is 0 Å². The van der Waals surface area contributed by atoms with Crippen LogP contribution in [0.5, 0.6) is 0 Å². The van der Waals surface area contributed by atoms with Gasteiger partial charge in [0.1, 0.15) is 5.78 Å². The van der Waals surface area contributed by atoms with E-state index in [1.54, 1.807) is 0 Å². The standard InChI is InChI=1S/C32H58O/c1-6-7-8-9-10-11-12-13-14-15-16-17-18-19-26-32(33)28-27-31(5)25-21-24-30(4)23-20-22-29(2)3/h22,24,27H,6-21,23,25-26,28H2,1-5H3/b30-24+,31-27+. The highest BCUT2D eigenvalue weighted by atomic mass is 16.1. The topological polar surface area (TPSA) is 17.1 Å². The first-order valence-corrected chi connectivity index (χ1v) is 14.4. The molecule has 0 rings (SSSR count). The second kappa shape index (κ2) is 24.0. The molecule has 0 aromatic rings. The molecule has 0 aliphatic carbocycles. The van der Waals surface area contributed by atoms with Crippen LogP contribution in [-0.2, 0) is 4.79 Å². The maximum absolute atomic E-state index is 12.2. The minimum atomic E-state index is 0.418. The Morgan fingerprint density at radius 3 is 1.42 bits per heavy atom. The minimum Gasteiger partial charge on any atom is -0.299 e. The molecule has 0 saturated carbocycles. The van der Waals surface area contributed by atoms with E-state index in [2.05, 4.69) is 52.8 Å². The molecule has 0 saturated heterocycles. The average Bonchev–Trinajstić information content (AvgIpc) is 2.77. The second-order valence-electron chi connectivity index (χ2n) is 10.5. The Morgan fingerprint density at radius 2 is 0.939 bits per heavy atom. The summed E-state index contributed by atoms with van der Waals surface area (Å²) in [6.07, 6.45) is 31.8. The van der Waals surface area contributed by atoms with E-state index in [1.165, 1.54) is 100 Å². The van der Waals surface area contributed by atoms with E-state index < -0.39 is 0 Å². The van der Waals surface area contributed by atoms with Crippen molar-refractivity contribution in [2.24, 2.45) is 0 Å². The summed E-state index contributed by atoms with van der Waals surface area (Å²) in [5.74, 6) is 0.418. The summed E-state index contributed by atoms with van der Waals surface area (Å²) in [6.45, 7) is 11.0. The molecule has 1 heteroatoms. The SMILES string of the molecule is CCCCCCCCCCCCCCCCC(=O)C/C=C(\C)CC/C=C(\C)CCC=C(C)C. The monoisotopic (exact) mass is 458 g/mol. The summed E-state index contributed by atoms with van der Waals surface area (Å²) < 4.78 is 0. The molecule has 0 atom stereocenters. The lowest BCUT2D eigenvalue weighted by molar-refractivity contribution is -0.118. The van der Waals surface area contributed by atoms with Crippen molar-refractivity contribution in [2.75, 3.05) is 0 Å². The average molecular weight is 459 g/mol. The predicted molar refractivity (Wildman–Crippen MR) is 150 cm³/mol. The first-order chi connectivity index (χ1) is 16.0. The first kappa shape index (κ1) is 31.9. The fourth-order valence-electron chi connectivity index (χ4n) is 4.25. The summed E-state index contributed by atoms with van der Waals surface area (Å²) in [6, 6.07) is 0. The number of Topliss-reactive ketones (excluding diaryl/α,β-unsaturated/α-hetero) is 1. The quantitative estimate of drug-likeness (QED) is 0.110. The van der Waals surface area contributed by atoms with Crippen molar-refractivity contribution < 1.29 is 4.79 Å². The maximum atomic E-state index is 12.2. The predicted octanol–water partition coefficient (Wildman–Crippen LogP) is 11.2. The van der Waals surface area contributed by atoms with E-state index >= 15 is 0 Å². The molecule has 1 nitrogen and oxygen atoms in total. The zero-order valence-corrected chi connectivity index (χ0v) is 23.3. The number of carbonyl (C=O) groups excluding carboxylic acids is 1. The molecule has 0 N–H and O–H groups in total. The van der Waals surface area contributed by atoms with Gasteiger partial charge in [-0.2, -0.15) is 0 Å². The van der Waals surface area contributed by atoms with Gasteiger partial charge in [0.05, 0.1) is 0 Å². The van der Waals surface area contributed by atoms with E-state index in [9.17, 15) is 4.79 Å². The van der Waals surface area contributed by atoms with Crippen molar-refractivity contribution in [3.8, 4) is 0 Å². The molecule has 0 radical (unpaired) electrons. The summed E-state index contributed by atoms with van der Waals surface area (Å²) in [5.41, 5.74) is 4.24. The summed E-state index contributed by atoms with van der Waals surface area (Å²) in [5, 5.41) is 0. The zero-order chi connectivity index (χ0) is 24.6. The zero-order valence-electron chi connectivity index (χ0n) is 23.3. The molecule has 0 aromatic carbocycles. The van der Waals surface area contributed by atoms with Gasteiger partial charge >= 0.3 is 0 Å².